The van der Waals surface area contributed by atoms with Crippen molar-refractivity contribution in [2.24, 2.45) is 17.8 Å². The summed E-state index contributed by atoms with van der Waals surface area (Å²) < 4.78 is 44.5. The summed E-state index contributed by atoms with van der Waals surface area (Å²) in [6, 6.07) is 24.5. The first kappa shape index (κ1) is 50.6. The monoisotopic (exact) mass is 913 g/mol. The van der Waals surface area contributed by atoms with Crippen LogP contribution in [-0.2, 0) is 52.9 Å². The first-order valence-electron chi connectivity index (χ1n) is 23.5. The second-order valence-electron chi connectivity index (χ2n) is 19.2. The summed E-state index contributed by atoms with van der Waals surface area (Å²) in [6.07, 6.45) is -1.08. The van der Waals surface area contributed by atoms with E-state index in [0.717, 1.165) is 16.7 Å². The van der Waals surface area contributed by atoms with Crippen LogP contribution in [0, 0.1) is 17.8 Å². The average molecular weight is 913 g/mol. The molecular weight excluding hydrogens is 841 g/mol. The van der Waals surface area contributed by atoms with Crippen molar-refractivity contribution in [2.75, 3.05) is 27.7 Å². The zero-order valence-corrected chi connectivity index (χ0v) is 40.7. The number of hydrogen-bond acceptors (Lipinski definition) is 12. The Morgan fingerprint density at radius 3 is 2.08 bits per heavy atom. The van der Waals surface area contributed by atoms with E-state index in [1.807, 2.05) is 139 Å². The molecule has 3 aromatic carbocycles. The number of aliphatic hydroxyl groups excluding tert-OH is 1. The molecule has 360 valence electrons. The largest absolute Gasteiger partial charge is 0.485 e. The van der Waals surface area contributed by atoms with E-state index in [-0.39, 0.29) is 30.9 Å². The second kappa shape index (κ2) is 21.9. The normalized spacial score (nSPS) is 33.0. The highest BCUT2D eigenvalue weighted by atomic mass is 16.7. The van der Waals surface area contributed by atoms with Gasteiger partial charge in [-0.25, -0.2) is 9.59 Å². The molecule has 1 N–H and O–H groups in total. The Kier molecular flexibility index (Phi) is 16.8. The van der Waals surface area contributed by atoms with Crippen LogP contribution in [0.25, 0.3) is 0 Å². The Balaban J connectivity index is 1.30. The van der Waals surface area contributed by atoms with Crippen LogP contribution in [0.15, 0.2) is 90.5 Å². The molecular formula is C53H72N2O11. The lowest BCUT2D eigenvalue weighted by atomic mass is 9.74. The van der Waals surface area contributed by atoms with Gasteiger partial charge in [-0.15, -0.1) is 0 Å². The lowest BCUT2D eigenvalue weighted by molar-refractivity contribution is -0.294. The highest BCUT2D eigenvalue weighted by molar-refractivity contribution is 5.88. The van der Waals surface area contributed by atoms with Crippen LogP contribution < -0.4 is 9.47 Å². The molecule has 0 bridgehead atoms. The van der Waals surface area contributed by atoms with E-state index < -0.39 is 71.7 Å². The lowest BCUT2D eigenvalue weighted by Crippen LogP contribution is -2.59. The number of carbonyl (C=O) groups excluding carboxylic acids is 3. The van der Waals surface area contributed by atoms with E-state index in [4.69, 9.17) is 33.2 Å². The smallest absolute Gasteiger partial charge is 0.410 e. The summed E-state index contributed by atoms with van der Waals surface area (Å²) in [5.74, 6) is -1.35. The van der Waals surface area contributed by atoms with Crippen molar-refractivity contribution < 1.29 is 52.6 Å². The number of rotatable bonds is 14. The van der Waals surface area contributed by atoms with E-state index in [1.54, 1.807) is 31.9 Å². The van der Waals surface area contributed by atoms with Crippen molar-refractivity contribution in [2.45, 2.75) is 148 Å². The van der Waals surface area contributed by atoms with Crippen molar-refractivity contribution in [3.8, 4) is 11.5 Å². The Bertz CT molecular complexity index is 2130. The minimum Gasteiger partial charge on any atom is -0.485 e. The van der Waals surface area contributed by atoms with Crippen molar-refractivity contribution in [3.05, 3.63) is 107 Å². The van der Waals surface area contributed by atoms with Crippen LogP contribution in [0.2, 0.25) is 0 Å². The van der Waals surface area contributed by atoms with Gasteiger partial charge < -0.3 is 43.2 Å². The van der Waals surface area contributed by atoms with Gasteiger partial charge in [-0.2, -0.15) is 0 Å². The van der Waals surface area contributed by atoms with E-state index in [1.165, 1.54) is 0 Å². The minimum atomic E-state index is -1.38. The van der Waals surface area contributed by atoms with Crippen LogP contribution in [0.5, 0.6) is 11.5 Å². The third kappa shape index (κ3) is 11.5. The first-order valence-corrected chi connectivity index (χ1v) is 23.5. The molecule has 3 aromatic rings. The molecule has 2 fully saturated rings. The molecule has 0 aliphatic carbocycles. The number of fused-ring (bicyclic) bond motifs is 1. The number of carbonyl (C=O) groups is 3. The quantitative estimate of drug-likeness (QED) is 0.156. The summed E-state index contributed by atoms with van der Waals surface area (Å²) >= 11 is 0. The molecule has 2 saturated heterocycles. The number of amides is 1. The molecule has 0 aromatic heterocycles. The number of Topliss-reactive ketones (excluding diaryl/α,β-unsaturated/α-hetero) is 1. The number of aliphatic hydroxyl groups is 1. The molecule has 1 amide bonds. The SMILES string of the molecule is CCC1OC(=O)/C(C)=C/[C@H](C)[C@@H](O[C@@H]2O[C@H](C)C[C@H](N(C)C)[C@H]2O)[C@](C)(OC)C[C@@H](C)C(=O)[C@H](C)[C@H]2N(CCc3ccc(OCc4ccccc4)c(OCc4ccccc4)c3)C(=O)O[C@]12C. The average Bonchev–Trinajstić information content (AvgIpc) is 3.56. The van der Waals surface area contributed by atoms with Gasteiger partial charge in [-0.05, 0) is 96.3 Å². The molecule has 6 rings (SSSR count). The van der Waals surface area contributed by atoms with Gasteiger partial charge in [-0.1, -0.05) is 101 Å². The van der Waals surface area contributed by atoms with Crippen molar-refractivity contribution >= 4 is 17.8 Å². The van der Waals surface area contributed by atoms with Gasteiger partial charge in [0.25, 0.3) is 0 Å². The van der Waals surface area contributed by atoms with Gasteiger partial charge in [0.2, 0.25) is 0 Å². The maximum absolute atomic E-state index is 15.0. The van der Waals surface area contributed by atoms with Gasteiger partial charge >= 0.3 is 12.1 Å². The number of nitrogens with zero attached hydrogens (tertiary/aromatic N) is 2. The number of methoxy groups -OCH3 is 1. The molecule has 3 aliphatic rings. The van der Waals surface area contributed by atoms with Crippen LogP contribution in [0.4, 0.5) is 4.79 Å². The molecule has 13 nitrogen and oxygen atoms in total. The molecule has 12 atom stereocenters. The van der Waals surface area contributed by atoms with Gasteiger partial charge in [0.1, 0.15) is 31.2 Å². The van der Waals surface area contributed by atoms with Crippen molar-refractivity contribution in [1.29, 1.82) is 0 Å². The molecule has 66 heavy (non-hydrogen) atoms. The summed E-state index contributed by atoms with van der Waals surface area (Å²) in [5, 5.41) is 11.5. The van der Waals surface area contributed by atoms with Crippen LogP contribution in [0.3, 0.4) is 0 Å². The standard InChI is InChI=1S/C53H72N2O11/c1-12-44-53(8)47(55(51(59)66-53)26-25-38-23-24-42(61-31-39-19-15-13-16-20-39)43(29-38)62-32-40-21-17-14-18-22-40)37(6)45(56)35(4)30-52(7,60-11)48(33(2)27-34(3)49(58)64-44)65-50-46(57)41(54(9)10)28-36(5)63-50/h13-24,27,29,33,35-37,41,44,46-48,50,57H,12,25-26,28,30-32H2,1-11H3/b34-27+/t33-,35+,36+,37-,41-,44?,46+,47+,48+,50-,52+,53+/m0/s1. The van der Waals surface area contributed by atoms with Crippen LogP contribution in [-0.4, -0.2) is 114 Å². The van der Waals surface area contributed by atoms with Gasteiger partial charge in [0.05, 0.1) is 23.9 Å². The fourth-order valence-electron chi connectivity index (χ4n) is 10.3. The van der Waals surface area contributed by atoms with E-state index in [9.17, 15) is 19.5 Å². The summed E-state index contributed by atoms with van der Waals surface area (Å²) in [6.45, 7) is 15.7. The zero-order valence-electron chi connectivity index (χ0n) is 40.7. The maximum Gasteiger partial charge on any atom is 0.410 e. The Morgan fingerprint density at radius 2 is 1.48 bits per heavy atom. The number of esters is 1. The molecule has 3 aliphatic heterocycles. The van der Waals surface area contributed by atoms with Gasteiger partial charge in [-0.3, -0.25) is 9.69 Å². The highest BCUT2D eigenvalue weighted by Gasteiger charge is 2.60. The lowest BCUT2D eigenvalue weighted by Gasteiger charge is -2.47. The van der Waals surface area contributed by atoms with Crippen molar-refractivity contribution in [3.63, 3.8) is 0 Å². The highest BCUT2D eigenvalue weighted by Crippen LogP contribution is 2.43. The molecule has 13 heteroatoms. The van der Waals surface area contributed by atoms with Gasteiger partial charge in [0.15, 0.2) is 23.4 Å². The molecule has 0 saturated carbocycles. The minimum absolute atomic E-state index is 0.110. The summed E-state index contributed by atoms with van der Waals surface area (Å²) in [5.41, 5.74) is 0.747. The van der Waals surface area contributed by atoms with Crippen LogP contribution in [0.1, 0.15) is 91.3 Å². The number of benzene rings is 3. The molecule has 0 radical (unpaired) electrons. The predicted octanol–water partition coefficient (Wildman–Crippen LogP) is 8.33. The summed E-state index contributed by atoms with van der Waals surface area (Å²) in [4.78, 5) is 46.9. The van der Waals surface area contributed by atoms with Crippen LogP contribution >= 0.6 is 0 Å². The van der Waals surface area contributed by atoms with Crippen molar-refractivity contribution in [1.82, 2.24) is 9.80 Å². The van der Waals surface area contributed by atoms with E-state index in [0.29, 0.717) is 49.5 Å². The Hall–Kier alpha value is -4.79. The number of ketones is 1. The third-order valence-corrected chi connectivity index (χ3v) is 13.9. The number of cyclic esters (lactones) is 1. The Labute approximate surface area is 391 Å². The maximum atomic E-state index is 15.0. The Morgan fingerprint density at radius 1 is 0.864 bits per heavy atom. The zero-order chi connectivity index (χ0) is 47.9. The molecule has 3 heterocycles. The summed E-state index contributed by atoms with van der Waals surface area (Å²) in [7, 11) is 5.41. The third-order valence-electron chi connectivity index (χ3n) is 13.9. The van der Waals surface area contributed by atoms with E-state index >= 15 is 0 Å². The molecule has 1 unspecified atom stereocenters. The fourth-order valence-corrected chi connectivity index (χ4v) is 10.3. The van der Waals surface area contributed by atoms with Gasteiger partial charge in [0, 0.05) is 43.0 Å². The fraction of sp³-hybridized carbons (Fsp3) is 0.566. The number of ether oxygens (including phenoxy) is 7. The number of hydrogen-bond donors (Lipinski definition) is 1. The van der Waals surface area contributed by atoms with E-state index in [2.05, 4.69) is 0 Å². The topological polar surface area (TPSA) is 143 Å². The predicted molar refractivity (Wildman–Crippen MR) is 251 cm³/mol. The molecule has 0 spiro atoms. The first-order chi connectivity index (χ1) is 31.4. The number of likely N-dealkylation sites (N-methyl/N-ethyl adjacent to an activating group) is 1. The second-order valence-corrected chi connectivity index (χ2v) is 19.2.